The molecule has 0 radical (unpaired) electrons. The first-order chi connectivity index (χ1) is 10.1. The van der Waals surface area contributed by atoms with Crippen LogP contribution in [0.4, 0.5) is 4.79 Å². The normalized spacial score (nSPS) is 18.3. The quantitative estimate of drug-likeness (QED) is 0.866. The first-order valence-corrected chi connectivity index (χ1v) is 7.00. The molecule has 1 saturated heterocycles. The fraction of sp³-hybridized carbons (Fsp3) is 0.467. The maximum Gasteiger partial charge on any atom is 0.321 e. The zero-order chi connectivity index (χ0) is 15.2. The molecule has 1 aromatic rings. The summed E-state index contributed by atoms with van der Waals surface area (Å²) in [5.74, 6) is 0.993. The van der Waals surface area contributed by atoms with Crippen molar-refractivity contribution in [1.82, 2.24) is 15.5 Å². The van der Waals surface area contributed by atoms with Crippen LogP contribution in [0.25, 0.3) is 0 Å². The van der Waals surface area contributed by atoms with Crippen molar-refractivity contribution < 1.29 is 14.3 Å². The van der Waals surface area contributed by atoms with E-state index < -0.39 is 6.03 Å². The minimum atomic E-state index is -0.467. The highest BCUT2D eigenvalue weighted by Crippen LogP contribution is 2.28. The Morgan fingerprint density at radius 3 is 2.67 bits per heavy atom. The second kappa shape index (κ2) is 7.08. The minimum absolute atomic E-state index is 0.250. The summed E-state index contributed by atoms with van der Waals surface area (Å²) in [5.41, 5.74) is 1.25. The van der Waals surface area contributed by atoms with E-state index in [0.29, 0.717) is 5.92 Å². The molecule has 2 N–H and O–H groups in total. The van der Waals surface area contributed by atoms with E-state index in [0.717, 1.165) is 25.3 Å². The second-order valence-corrected chi connectivity index (χ2v) is 5.12. The summed E-state index contributed by atoms with van der Waals surface area (Å²) < 4.78 is 5.15. The van der Waals surface area contributed by atoms with Crippen LogP contribution in [0, 0.1) is 0 Å². The number of ether oxygens (including phenoxy) is 1. The summed E-state index contributed by atoms with van der Waals surface area (Å²) >= 11 is 0. The molecule has 21 heavy (non-hydrogen) atoms. The number of carbonyl (C=O) groups is 2. The molecule has 1 heterocycles. The van der Waals surface area contributed by atoms with Crippen LogP contribution in [-0.2, 0) is 4.79 Å². The van der Waals surface area contributed by atoms with Crippen LogP contribution >= 0.6 is 0 Å². The molecule has 0 aromatic heterocycles. The largest absolute Gasteiger partial charge is 0.497 e. The zero-order valence-electron chi connectivity index (χ0n) is 12.4. The van der Waals surface area contributed by atoms with Crippen molar-refractivity contribution in [3.63, 3.8) is 0 Å². The van der Waals surface area contributed by atoms with Gasteiger partial charge in [0.2, 0.25) is 5.91 Å². The molecule has 114 valence electrons. The van der Waals surface area contributed by atoms with Gasteiger partial charge >= 0.3 is 6.03 Å². The van der Waals surface area contributed by atoms with Gasteiger partial charge in [0.15, 0.2) is 0 Å². The van der Waals surface area contributed by atoms with Gasteiger partial charge in [0.05, 0.1) is 13.7 Å². The molecule has 0 spiro atoms. The van der Waals surface area contributed by atoms with Crippen molar-refractivity contribution in [2.45, 2.75) is 12.3 Å². The highest BCUT2D eigenvalue weighted by Gasteiger charge is 2.25. The van der Waals surface area contributed by atoms with Gasteiger partial charge in [-0.3, -0.25) is 15.0 Å². The van der Waals surface area contributed by atoms with Crippen LogP contribution < -0.4 is 15.4 Å². The molecule has 1 aliphatic heterocycles. The number of hydrogen-bond acceptors (Lipinski definition) is 4. The highest BCUT2D eigenvalue weighted by atomic mass is 16.5. The maximum atomic E-state index is 11.7. The van der Waals surface area contributed by atoms with Crippen molar-refractivity contribution in [2.24, 2.45) is 0 Å². The van der Waals surface area contributed by atoms with Gasteiger partial charge in [-0.05, 0) is 36.6 Å². The van der Waals surface area contributed by atoms with E-state index in [-0.39, 0.29) is 12.5 Å². The number of imide groups is 1. The molecule has 6 heteroatoms. The Bertz CT molecular complexity index is 501. The Morgan fingerprint density at radius 2 is 2.05 bits per heavy atom. The number of rotatable bonds is 4. The van der Waals surface area contributed by atoms with E-state index in [1.807, 2.05) is 12.1 Å². The van der Waals surface area contributed by atoms with Gasteiger partial charge in [-0.25, -0.2) is 4.79 Å². The average molecular weight is 291 g/mol. The third kappa shape index (κ3) is 4.19. The Hall–Kier alpha value is -2.08. The van der Waals surface area contributed by atoms with Crippen LogP contribution in [-0.4, -0.2) is 50.6 Å². The third-order valence-electron chi connectivity index (χ3n) is 3.71. The summed E-state index contributed by atoms with van der Waals surface area (Å²) in [6.45, 7) is 1.94. The number of benzene rings is 1. The molecule has 1 fully saturated rings. The van der Waals surface area contributed by atoms with Gasteiger partial charge in [0, 0.05) is 13.6 Å². The van der Waals surface area contributed by atoms with Crippen LogP contribution in [0.3, 0.4) is 0 Å². The molecule has 0 aliphatic carbocycles. The number of nitrogens with one attached hydrogen (secondary N) is 2. The van der Waals surface area contributed by atoms with Crippen LogP contribution in [0.5, 0.6) is 5.75 Å². The molecule has 3 amide bonds. The number of amides is 3. The standard InChI is InChI=1S/C15H21N3O3/c1-16-15(20)17-14(19)10-18-8-7-12(9-18)11-3-5-13(21-2)6-4-11/h3-6,12H,7-10H2,1-2H3,(H2,16,17,19,20)/t12-/m0/s1. The lowest BCUT2D eigenvalue weighted by atomic mass is 9.98. The predicted molar refractivity (Wildman–Crippen MR) is 79.4 cm³/mol. The van der Waals surface area contributed by atoms with E-state index in [9.17, 15) is 9.59 Å². The van der Waals surface area contributed by atoms with E-state index in [4.69, 9.17) is 4.74 Å². The molecular weight excluding hydrogens is 270 g/mol. The Morgan fingerprint density at radius 1 is 1.33 bits per heavy atom. The third-order valence-corrected chi connectivity index (χ3v) is 3.71. The van der Waals surface area contributed by atoms with Gasteiger partial charge in [0.1, 0.15) is 5.75 Å². The van der Waals surface area contributed by atoms with Crippen molar-refractivity contribution in [2.75, 3.05) is 33.8 Å². The van der Waals surface area contributed by atoms with Gasteiger partial charge in [-0.2, -0.15) is 0 Å². The van der Waals surface area contributed by atoms with E-state index in [2.05, 4.69) is 27.7 Å². The number of methoxy groups -OCH3 is 1. The summed E-state index contributed by atoms with van der Waals surface area (Å²) in [4.78, 5) is 24.8. The molecule has 1 aliphatic rings. The highest BCUT2D eigenvalue weighted by molar-refractivity contribution is 5.95. The summed E-state index contributed by atoms with van der Waals surface area (Å²) in [6.07, 6.45) is 1.01. The SMILES string of the molecule is CNC(=O)NC(=O)CN1CC[C@H](c2ccc(OC)cc2)C1. The monoisotopic (exact) mass is 291 g/mol. The smallest absolute Gasteiger partial charge is 0.321 e. The van der Waals surface area contributed by atoms with E-state index in [1.54, 1.807) is 7.11 Å². The second-order valence-electron chi connectivity index (χ2n) is 5.12. The Kier molecular flexibility index (Phi) is 5.16. The number of carbonyl (C=O) groups excluding carboxylic acids is 2. The van der Waals surface area contributed by atoms with Crippen LogP contribution in [0.15, 0.2) is 24.3 Å². The number of urea groups is 1. The fourth-order valence-corrected chi connectivity index (χ4v) is 2.56. The first kappa shape index (κ1) is 15.3. The lowest BCUT2D eigenvalue weighted by Gasteiger charge is -2.15. The molecule has 0 unspecified atom stereocenters. The molecule has 1 atom stereocenters. The molecule has 2 rings (SSSR count). The number of nitrogens with zero attached hydrogens (tertiary/aromatic N) is 1. The van der Waals surface area contributed by atoms with Gasteiger partial charge in [-0.15, -0.1) is 0 Å². The van der Waals surface area contributed by atoms with Crippen molar-refractivity contribution >= 4 is 11.9 Å². The average Bonchev–Trinajstić information content (AvgIpc) is 2.95. The Labute approximate surface area is 124 Å². The molecule has 6 nitrogen and oxygen atoms in total. The molecule has 1 aromatic carbocycles. The van der Waals surface area contributed by atoms with E-state index >= 15 is 0 Å². The predicted octanol–water partition coefficient (Wildman–Crippen LogP) is 0.940. The Balaban J connectivity index is 1.85. The molecule has 0 bridgehead atoms. The molecular formula is C15H21N3O3. The fourth-order valence-electron chi connectivity index (χ4n) is 2.56. The van der Waals surface area contributed by atoms with Crippen molar-refractivity contribution in [1.29, 1.82) is 0 Å². The zero-order valence-corrected chi connectivity index (χ0v) is 12.4. The van der Waals surface area contributed by atoms with Gasteiger partial charge in [0.25, 0.3) is 0 Å². The topological polar surface area (TPSA) is 70.7 Å². The van der Waals surface area contributed by atoms with Crippen molar-refractivity contribution in [3.05, 3.63) is 29.8 Å². The summed E-state index contributed by atoms with van der Waals surface area (Å²) in [6, 6.07) is 7.58. The minimum Gasteiger partial charge on any atom is -0.497 e. The van der Waals surface area contributed by atoms with Gasteiger partial charge < -0.3 is 10.1 Å². The lowest BCUT2D eigenvalue weighted by molar-refractivity contribution is -0.120. The number of likely N-dealkylation sites (tertiary alicyclic amines) is 1. The van der Waals surface area contributed by atoms with E-state index in [1.165, 1.54) is 12.6 Å². The lowest BCUT2D eigenvalue weighted by Crippen LogP contribution is -2.42. The number of hydrogen-bond donors (Lipinski definition) is 2. The summed E-state index contributed by atoms with van der Waals surface area (Å²) in [7, 11) is 3.13. The van der Waals surface area contributed by atoms with Crippen molar-refractivity contribution in [3.8, 4) is 5.75 Å². The maximum absolute atomic E-state index is 11.7. The van der Waals surface area contributed by atoms with Crippen LogP contribution in [0.1, 0.15) is 17.9 Å². The molecule has 0 saturated carbocycles. The first-order valence-electron chi connectivity index (χ1n) is 7.00. The van der Waals surface area contributed by atoms with Gasteiger partial charge in [-0.1, -0.05) is 12.1 Å². The van der Waals surface area contributed by atoms with Crippen LogP contribution in [0.2, 0.25) is 0 Å². The summed E-state index contributed by atoms with van der Waals surface area (Å²) in [5, 5.41) is 4.64.